The molecule has 2 N–H and O–H groups in total. The number of benzene rings is 1. The smallest absolute Gasteiger partial charge is 0.382 e. The summed E-state index contributed by atoms with van der Waals surface area (Å²) in [6.07, 6.45) is -4.34. The lowest BCUT2D eigenvalue weighted by atomic mass is 10.2. The number of hydrogen-bond acceptors (Lipinski definition) is 3. The van der Waals surface area contributed by atoms with Gasteiger partial charge < -0.3 is 10.5 Å². The molecule has 0 saturated carbocycles. The van der Waals surface area contributed by atoms with Crippen molar-refractivity contribution in [1.29, 1.82) is 0 Å². The number of alkyl halides is 3. The van der Waals surface area contributed by atoms with Gasteiger partial charge >= 0.3 is 6.18 Å². The summed E-state index contributed by atoms with van der Waals surface area (Å²) in [6, 6.07) is 4.78. The summed E-state index contributed by atoms with van der Waals surface area (Å²) in [5.41, 5.74) is 7.18. The lowest BCUT2D eigenvalue weighted by Gasteiger charge is -2.09. The van der Waals surface area contributed by atoms with Gasteiger partial charge in [-0.15, -0.1) is 5.10 Å². The molecule has 2 heterocycles. The number of halogens is 3. The maximum atomic E-state index is 12.5. The van der Waals surface area contributed by atoms with Crippen LogP contribution >= 0.6 is 0 Å². The Labute approximate surface area is 106 Å². The van der Waals surface area contributed by atoms with E-state index in [0.717, 1.165) is 23.4 Å². The molecule has 1 aromatic heterocycles. The number of ether oxygens (including phenoxy) is 1. The standard InChI is InChI=1S/C12H10F3N3O/c13-12(14,15)7-1-3-8(4-2-7)18-10-6-19-5-9(10)11(16)17-18/h1-4H,5-6H2,(H2,16,17). The molecule has 1 aromatic carbocycles. The van der Waals surface area contributed by atoms with Crippen LogP contribution in [0.15, 0.2) is 24.3 Å². The Morgan fingerprint density at radius 1 is 1.16 bits per heavy atom. The highest BCUT2D eigenvalue weighted by molar-refractivity contribution is 5.48. The van der Waals surface area contributed by atoms with E-state index in [2.05, 4.69) is 5.10 Å². The molecular weight excluding hydrogens is 259 g/mol. The Hall–Kier alpha value is -2.02. The topological polar surface area (TPSA) is 53.1 Å². The van der Waals surface area contributed by atoms with E-state index in [1.807, 2.05) is 0 Å². The van der Waals surface area contributed by atoms with Gasteiger partial charge in [-0.25, -0.2) is 4.68 Å². The van der Waals surface area contributed by atoms with Crippen LogP contribution < -0.4 is 5.73 Å². The van der Waals surface area contributed by atoms with Crippen molar-refractivity contribution in [2.24, 2.45) is 0 Å². The van der Waals surface area contributed by atoms with Crippen LogP contribution in [0.4, 0.5) is 19.0 Å². The van der Waals surface area contributed by atoms with Crippen LogP contribution in [0, 0.1) is 0 Å². The summed E-state index contributed by atoms with van der Waals surface area (Å²) in [5, 5.41) is 4.13. The van der Waals surface area contributed by atoms with Gasteiger partial charge in [0.05, 0.1) is 30.2 Å². The Bertz CT molecular complexity index is 616. The molecule has 0 saturated heterocycles. The van der Waals surface area contributed by atoms with Gasteiger partial charge in [0.25, 0.3) is 0 Å². The average molecular weight is 269 g/mol. The molecule has 0 spiro atoms. The average Bonchev–Trinajstić information content (AvgIpc) is 2.93. The number of nitrogen functional groups attached to an aromatic ring is 1. The summed E-state index contributed by atoms with van der Waals surface area (Å²) in [7, 11) is 0. The molecule has 3 rings (SSSR count). The molecular formula is C12H10F3N3O. The highest BCUT2D eigenvalue weighted by Crippen LogP contribution is 2.31. The second-order valence-electron chi connectivity index (χ2n) is 4.26. The minimum atomic E-state index is -4.34. The Balaban J connectivity index is 2.02. The maximum absolute atomic E-state index is 12.5. The zero-order valence-electron chi connectivity index (χ0n) is 9.74. The number of nitrogens with two attached hydrogens (primary N) is 1. The van der Waals surface area contributed by atoms with Crippen molar-refractivity contribution in [3.63, 3.8) is 0 Å². The van der Waals surface area contributed by atoms with Crippen LogP contribution in [0.1, 0.15) is 16.8 Å². The second-order valence-corrected chi connectivity index (χ2v) is 4.26. The van der Waals surface area contributed by atoms with Gasteiger partial charge in [0, 0.05) is 5.56 Å². The first-order valence-electron chi connectivity index (χ1n) is 5.58. The third kappa shape index (κ3) is 1.95. The van der Waals surface area contributed by atoms with Crippen molar-refractivity contribution < 1.29 is 17.9 Å². The molecule has 0 aliphatic carbocycles. The van der Waals surface area contributed by atoms with Gasteiger partial charge in [0.1, 0.15) is 0 Å². The Morgan fingerprint density at radius 3 is 2.47 bits per heavy atom. The van der Waals surface area contributed by atoms with Gasteiger partial charge in [-0.2, -0.15) is 13.2 Å². The van der Waals surface area contributed by atoms with E-state index in [-0.39, 0.29) is 0 Å². The zero-order chi connectivity index (χ0) is 13.6. The van der Waals surface area contributed by atoms with Crippen LogP contribution in [0.3, 0.4) is 0 Å². The first kappa shape index (κ1) is 12.0. The molecule has 19 heavy (non-hydrogen) atoms. The van der Waals surface area contributed by atoms with Crippen molar-refractivity contribution in [2.45, 2.75) is 19.4 Å². The van der Waals surface area contributed by atoms with E-state index in [4.69, 9.17) is 10.5 Å². The molecule has 0 radical (unpaired) electrons. The minimum Gasteiger partial charge on any atom is -0.382 e. The summed E-state index contributed by atoms with van der Waals surface area (Å²) in [6.45, 7) is 0.752. The molecule has 0 amide bonds. The number of anilines is 1. The fraction of sp³-hybridized carbons (Fsp3) is 0.250. The van der Waals surface area contributed by atoms with E-state index in [0.29, 0.717) is 24.7 Å². The molecule has 1 aliphatic heterocycles. The highest BCUT2D eigenvalue weighted by atomic mass is 19.4. The number of aromatic nitrogens is 2. The van der Waals surface area contributed by atoms with Gasteiger partial charge in [0.2, 0.25) is 0 Å². The first-order valence-corrected chi connectivity index (χ1v) is 5.58. The quantitative estimate of drug-likeness (QED) is 0.865. The summed E-state index contributed by atoms with van der Waals surface area (Å²) in [5.74, 6) is 0.354. The number of nitrogens with zero attached hydrogens (tertiary/aromatic N) is 2. The van der Waals surface area contributed by atoms with Gasteiger partial charge in [-0.05, 0) is 24.3 Å². The number of hydrogen-bond donors (Lipinski definition) is 1. The van der Waals surface area contributed by atoms with Crippen LogP contribution in [-0.2, 0) is 24.1 Å². The molecule has 0 bridgehead atoms. The summed E-state index contributed by atoms with van der Waals surface area (Å²) in [4.78, 5) is 0. The molecule has 0 fully saturated rings. The van der Waals surface area contributed by atoms with Gasteiger partial charge in [-0.1, -0.05) is 0 Å². The normalized spacial score (nSPS) is 14.7. The lowest BCUT2D eigenvalue weighted by molar-refractivity contribution is -0.137. The van der Waals surface area contributed by atoms with Gasteiger partial charge in [0.15, 0.2) is 5.82 Å². The van der Waals surface area contributed by atoms with Crippen LogP contribution in [0.2, 0.25) is 0 Å². The molecule has 7 heteroatoms. The third-order valence-corrected chi connectivity index (χ3v) is 3.05. The molecule has 0 unspecified atom stereocenters. The van der Waals surface area contributed by atoms with E-state index >= 15 is 0 Å². The maximum Gasteiger partial charge on any atom is 0.416 e. The highest BCUT2D eigenvalue weighted by Gasteiger charge is 2.30. The van der Waals surface area contributed by atoms with Crippen LogP contribution in [0.5, 0.6) is 0 Å². The fourth-order valence-electron chi connectivity index (χ4n) is 2.06. The van der Waals surface area contributed by atoms with Crippen molar-refractivity contribution in [3.05, 3.63) is 41.1 Å². The molecule has 100 valence electrons. The number of fused-ring (bicyclic) bond motifs is 1. The molecule has 1 aliphatic rings. The lowest BCUT2D eigenvalue weighted by Crippen LogP contribution is -2.06. The largest absolute Gasteiger partial charge is 0.416 e. The molecule has 0 atom stereocenters. The summed E-state index contributed by atoms with van der Waals surface area (Å²) < 4.78 is 44.2. The SMILES string of the molecule is Nc1nn(-c2ccc(C(F)(F)F)cc2)c2c1COC2. The monoisotopic (exact) mass is 269 g/mol. The molecule has 4 nitrogen and oxygen atoms in total. The minimum absolute atomic E-state index is 0.354. The van der Waals surface area contributed by atoms with E-state index < -0.39 is 11.7 Å². The van der Waals surface area contributed by atoms with Crippen molar-refractivity contribution in [1.82, 2.24) is 9.78 Å². The summed E-state index contributed by atoms with van der Waals surface area (Å²) >= 11 is 0. The fourth-order valence-corrected chi connectivity index (χ4v) is 2.06. The van der Waals surface area contributed by atoms with E-state index in [1.165, 1.54) is 16.8 Å². The second kappa shape index (κ2) is 3.99. The predicted molar refractivity (Wildman–Crippen MR) is 61.5 cm³/mol. The van der Waals surface area contributed by atoms with E-state index in [9.17, 15) is 13.2 Å². The van der Waals surface area contributed by atoms with Crippen molar-refractivity contribution in [3.8, 4) is 5.69 Å². The first-order chi connectivity index (χ1) is 8.97. The Morgan fingerprint density at radius 2 is 1.84 bits per heavy atom. The zero-order valence-corrected chi connectivity index (χ0v) is 9.74. The van der Waals surface area contributed by atoms with Gasteiger partial charge in [-0.3, -0.25) is 0 Å². The van der Waals surface area contributed by atoms with E-state index in [1.54, 1.807) is 0 Å². The van der Waals surface area contributed by atoms with Crippen LogP contribution in [-0.4, -0.2) is 9.78 Å². The van der Waals surface area contributed by atoms with Crippen LogP contribution in [0.25, 0.3) is 5.69 Å². The third-order valence-electron chi connectivity index (χ3n) is 3.05. The number of rotatable bonds is 1. The van der Waals surface area contributed by atoms with Crippen molar-refractivity contribution >= 4 is 5.82 Å². The Kier molecular flexibility index (Phi) is 2.53. The predicted octanol–water partition coefficient (Wildman–Crippen LogP) is 2.50. The molecule has 2 aromatic rings. The van der Waals surface area contributed by atoms with Crippen molar-refractivity contribution in [2.75, 3.05) is 5.73 Å².